The highest BCUT2D eigenvalue weighted by atomic mass is 14.7. The molecule has 0 aliphatic rings. The molecule has 0 fully saturated rings. The van der Waals surface area contributed by atoms with E-state index < -0.39 is 0 Å². The van der Waals surface area contributed by atoms with Crippen LogP contribution in [0.5, 0.6) is 0 Å². The number of hydrogen-bond acceptors (Lipinski definition) is 2. The van der Waals surface area contributed by atoms with Gasteiger partial charge in [0.2, 0.25) is 0 Å². The number of nitrogens with one attached hydrogen (secondary N) is 1. The summed E-state index contributed by atoms with van der Waals surface area (Å²) >= 11 is 0. The van der Waals surface area contributed by atoms with Crippen LogP contribution in [0, 0.1) is 6.92 Å². The largest absolute Gasteiger partial charge is 0.399 e. The van der Waals surface area contributed by atoms with Gasteiger partial charge in [-0.05, 0) is 41.8 Å². The molecule has 0 bridgehead atoms. The van der Waals surface area contributed by atoms with E-state index in [9.17, 15) is 0 Å². The zero-order valence-electron chi connectivity index (χ0n) is 10.9. The fourth-order valence-corrected chi connectivity index (χ4v) is 2.54. The third-order valence-corrected chi connectivity index (χ3v) is 3.43. The van der Waals surface area contributed by atoms with Gasteiger partial charge < -0.3 is 16.5 Å². The first-order chi connectivity index (χ1) is 9.19. The van der Waals surface area contributed by atoms with Crippen LogP contribution in [0.2, 0.25) is 0 Å². The van der Waals surface area contributed by atoms with E-state index in [1.807, 2.05) is 18.2 Å². The van der Waals surface area contributed by atoms with E-state index in [0.29, 0.717) is 6.54 Å². The number of H-pyrrole nitrogens is 1. The van der Waals surface area contributed by atoms with Crippen molar-refractivity contribution in [1.82, 2.24) is 4.98 Å². The van der Waals surface area contributed by atoms with Gasteiger partial charge in [-0.15, -0.1) is 0 Å². The van der Waals surface area contributed by atoms with Gasteiger partial charge in [-0.3, -0.25) is 0 Å². The molecule has 96 valence electrons. The highest BCUT2D eigenvalue weighted by molar-refractivity contribution is 5.97. The maximum atomic E-state index is 5.87. The second kappa shape index (κ2) is 4.44. The van der Waals surface area contributed by atoms with Crippen LogP contribution in [-0.2, 0) is 6.54 Å². The van der Waals surface area contributed by atoms with Crippen LogP contribution >= 0.6 is 0 Å². The normalized spacial score (nSPS) is 11.1. The van der Waals surface area contributed by atoms with E-state index in [0.717, 1.165) is 28.0 Å². The quantitative estimate of drug-likeness (QED) is 0.612. The Hall–Kier alpha value is -2.26. The molecule has 5 N–H and O–H groups in total. The number of anilines is 1. The summed E-state index contributed by atoms with van der Waals surface area (Å²) in [5.74, 6) is 0. The molecule has 3 heteroatoms. The van der Waals surface area contributed by atoms with Gasteiger partial charge in [-0.1, -0.05) is 24.3 Å². The van der Waals surface area contributed by atoms with Gasteiger partial charge in [-0.2, -0.15) is 0 Å². The highest BCUT2D eigenvalue weighted by Gasteiger charge is 2.09. The minimum Gasteiger partial charge on any atom is -0.399 e. The number of rotatable bonds is 2. The second-order valence-electron chi connectivity index (χ2n) is 4.84. The van der Waals surface area contributed by atoms with Gasteiger partial charge in [-0.25, -0.2) is 0 Å². The first-order valence-electron chi connectivity index (χ1n) is 6.36. The molecule has 2 aromatic carbocycles. The predicted octanol–water partition coefficient (Wildman–Crippen LogP) is 3.18. The number of nitrogen functional groups attached to an aromatic ring is 1. The number of hydrogen-bond donors (Lipinski definition) is 3. The number of aromatic amines is 1. The Morgan fingerprint density at radius 3 is 2.68 bits per heavy atom. The molecule has 3 aromatic rings. The summed E-state index contributed by atoms with van der Waals surface area (Å²) in [7, 11) is 0. The van der Waals surface area contributed by atoms with Gasteiger partial charge in [0.05, 0.1) is 5.52 Å². The van der Waals surface area contributed by atoms with Gasteiger partial charge in [0.1, 0.15) is 0 Å². The van der Waals surface area contributed by atoms with Crippen LogP contribution in [0.4, 0.5) is 5.69 Å². The van der Waals surface area contributed by atoms with Crippen molar-refractivity contribution in [3.63, 3.8) is 0 Å². The number of aromatic nitrogens is 1. The smallest absolute Gasteiger partial charge is 0.0507 e. The van der Waals surface area contributed by atoms with E-state index in [1.165, 1.54) is 10.9 Å². The first-order valence-corrected chi connectivity index (χ1v) is 6.36. The summed E-state index contributed by atoms with van der Waals surface area (Å²) in [4.78, 5) is 3.39. The minimum absolute atomic E-state index is 0.535. The number of fused-ring (bicyclic) bond motifs is 1. The lowest BCUT2D eigenvalue weighted by Gasteiger charge is -2.07. The molecule has 0 saturated heterocycles. The predicted molar refractivity (Wildman–Crippen MR) is 80.8 cm³/mol. The molecule has 0 amide bonds. The summed E-state index contributed by atoms with van der Waals surface area (Å²) in [6.45, 7) is 2.59. The van der Waals surface area contributed by atoms with E-state index in [-0.39, 0.29) is 0 Å². The Morgan fingerprint density at radius 2 is 1.95 bits per heavy atom. The molecule has 0 atom stereocenters. The summed E-state index contributed by atoms with van der Waals surface area (Å²) in [5.41, 5.74) is 18.2. The van der Waals surface area contributed by atoms with Crippen LogP contribution in [0.25, 0.3) is 22.0 Å². The summed E-state index contributed by atoms with van der Waals surface area (Å²) in [6.07, 6.45) is 0. The zero-order chi connectivity index (χ0) is 13.4. The van der Waals surface area contributed by atoms with Gasteiger partial charge in [0.15, 0.2) is 0 Å². The third-order valence-electron chi connectivity index (χ3n) is 3.43. The molecule has 1 aromatic heterocycles. The van der Waals surface area contributed by atoms with Crippen LogP contribution in [-0.4, -0.2) is 4.98 Å². The SMILES string of the molecule is Cc1cc2c(-c3cccc(N)c3)ccc(CN)c2[nH]1. The highest BCUT2D eigenvalue weighted by Crippen LogP contribution is 2.32. The van der Waals surface area contributed by atoms with Crippen molar-refractivity contribution in [2.75, 3.05) is 5.73 Å². The molecule has 3 rings (SSSR count). The van der Waals surface area contributed by atoms with Crippen LogP contribution in [0.1, 0.15) is 11.3 Å². The van der Waals surface area contributed by atoms with Crippen LogP contribution in [0.15, 0.2) is 42.5 Å². The topological polar surface area (TPSA) is 67.8 Å². The van der Waals surface area contributed by atoms with E-state index in [4.69, 9.17) is 11.5 Å². The Balaban J connectivity index is 2.30. The van der Waals surface area contributed by atoms with E-state index in [1.54, 1.807) is 0 Å². The minimum atomic E-state index is 0.535. The lowest BCUT2D eigenvalue weighted by molar-refractivity contribution is 1.08. The zero-order valence-corrected chi connectivity index (χ0v) is 10.9. The summed E-state index contributed by atoms with van der Waals surface area (Å²) < 4.78 is 0. The fraction of sp³-hybridized carbons (Fsp3) is 0.125. The molecule has 3 nitrogen and oxygen atoms in total. The van der Waals surface area contributed by atoms with Crippen molar-refractivity contribution in [1.29, 1.82) is 0 Å². The standard InChI is InChI=1S/C16H17N3/c1-10-7-15-14(11-3-2-4-13(18)8-11)6-5-12(9-17)16(15)19-10/h2-8,19H,9,17-18H2,1H3. The van der Waals surface area contributed by atoms with Gasteiger partial charge in [0, 0.05) is 23.3 Å². The van der Waals surface area contributed by atoms with Crippen LogP contribution in [0.3, 0.4) is 0 Å². The van der Waals surface area contributed by atoms with Crippen molar-refractivity contribution >= 4 is 16.6 Å². The number of nitrogens with two attached hydrogens (primary N) is 2. The lowest BCUT2D eigenvalue weighted by atomic mass is 9.99. The molecular formula is C16H17N3. The molecule has 0 radical (unpaired) electrons. The first kappa shape index (κ1) is 11.8. The molecule has 0 saturated carbocycles. The summed E-state index contributed by atoms with van der Waals surface area (Å²) in [5, 5.41) is 1.20. The molecular weight excluding hydrogens is 234 g/mol. The molecule has 0 unspecified atom stereocenters. The molecule has 0 spiro atoms. The summed E-state index contributed by atoms with van der Waals surface area (Å²) in [6, 6.07) is 14.3. The molecule has 19 heavy (non-hydrogen) atoms. The van der Waals surface area contributed by atoms with Crippen molar-refractivity contribution in [3.8, 4) is 11.1 Å². The molecule has 0 aliphatic heterocycles. The molecule has 0 aliphatic carbocycles. The third kappa shape index (κ3) is 1.98. The van der Waals surface area contributed by atoms with Crippen molar-refractivity contribution in [2.45, 2.75) is 13.5 Å². The lowest BCUT2D eigenvalue weighted by Crippen LogP contribution is -1.97. The fourth-order valence-electron chi connectivity index (χ4n) is 2.54. The Bertz CT molecular complexity index is 741. The van der Waals surface area contributed by atoms with Crippen LogP contribution < -0.4 is 11.5 Å². The van der Waals surface area contributed by atoms with Gasteiger partial charge in [0.25, 0.3) is 0 Å². The molecule has 1 heterocycles. The van der Waals surface area contributed by atoms with E-state index >= 15 is 0 Å². The average molecular weight is 251 g/mol. The van der Waals surface area contributed by atoms with E-state index in [2.05, 4.69) is 36.2 Å². The number of aryl methyl sites for hydroxylation is 1. The Labute approximate surface area is 112 Å². The van der Waals surface area contributed by atoms with Crippen molar-refractivity contribution in [2.24, 2.45) is 5.73 Å². The van der Waals surface area contributed by atoms with Crippen molar-refractivity contribution in [3.05, 3.63) is 53.7 Å². The maximum absolute atomic E-state index is 5.87. The average Bonchev–Trinajstić information content (AvgIpc) is 2.78. The van der Waals surface area contributed by atoms with Gasteiger partial charge >= 0.3 is 0 Å². The Morgan fingerprint density at radius 1 is 1.11 bits per heavy atom. The Kier molecular flexibility index (Phi) is 2.76. The van der Waals surface area contributed by atoms with Crippen molar-refractivity contribution < 1.29 is 0 Å². The maximum Gasteiger partial charge on any atom is 0.0507 e. The number of benzene rings is 2. The monoisotopic (exact) mass is 251 g/mol. The second-order valence-corrected chi connectivity index (χ2v) is 4.84.